The molecule has 6 heteroatoms. The Kier molecular flexibility index (Phi) is 4.44. The van der Waals surface area contributed by atoms with Crippen molar-refractivity contribution in [3.63, 3.8) is 0 Å². The summed E-state index contributed by atoms with van der Waals surface area (Å²) >= 11 is 3.42. The Bertz CT molecular complexity index is 1020. The molecule has 0 aliphatic carbocycles. The second kappa shape index (κ2) is 6.76. The Morgan fingerprint density at radius 2 is 1.81 bits per heavy atom. The number of halogens is 1. The maximum absolute atomic E-state index is 13.1. The molecule has 4 rings (SSSR count). The first-order valence-electron chi connectivity index (χ1n) is 8.82. The van der Waals surface area contributed by atoms with Gasteiger partial charge in [0.25, 0.3) is 0 Å². The molecule has 1 aliphatic rings. The van der Waals surface area contributed by atoms with Gasteiger partial charge in [-0.1, -0.05) is 28.1 Å². The summed E-state index contributed by atoms with van der Waals surface area (Å²) in [5, 5.41) is 0. The molecule has 1 aliphatic heterocycles. The maximum atomic E-state index is 13.1. The highest BCUT2D eigenvalue weighted by atomic mass is 79.9. The summed E-state index contributed by atoms with van der Waals surface area (Å²) in [4.78, 5) is 27.8. The van der Waals surface area contributed by atoms with Crippen LogP contribution in [-0.2, 0) is 11.3 Å². The van der Waals surface area contributed by atoms with Crippen LogP contribution in [0.4, 0.5) is 0 Å². The number of aromatic nitrogens is 2. The molecule has 1 aromatic heterocycles. The third-order valence-corrected chi connectivity index (χ3v) is 5.62. The fourth-order valence-corrected chi connectivity index (χ4v) is 3.99. The fourth-order valence-electron chi connectivity index (χ4n) is 3.73. The molecule has 0 bridgehead atoms. The summed E-state index contributed by atoms with van der Waals surface area (Å²) in [7, 11) is 0. The summed E-state index contributed by atoms with van der Waals surface area (Å²) in [5.74, 6) is 0.0100. The van der Waals surface area contributed by atoms with Crippen LogP contribution in [0.15, 0.2) is 57.8 Å². The van der Waals surface area contributed by atoms with Gasteiger partial charge in [-0.15, -0.1) is 0 Å². The van der Waals surface area contributed by atoms with Crippen LogP contribution < -0.4 is 5.69 Å². The van der Waals surface area contributed by atoms with Gasteiger partial charge in [0.1, 0.15) is 6.54 Å². The number of hydrogen-bond acceptors (Lipinski definition) is 2. The molecule has 26 heavy (non-hydrogen) atoms. The van der Waals surface area contributed by atoms with E-state index in [0.717, 1.165) is 40.6 Å². The number of hydrogen-bond donors (Lipinski definition) is 0. The van der Waals surface area contributed by atoms with Gasteiger partial charge in [0, 0.05) is 17.1 Å². The summed E-state index contributed by atoms with van der Waals surface area (Å²) in [6.07, 6.45) is 2.06. The van der Waals surface area contributed by atoms with Gasteiger partial charge in [-0.2, -0.15) is 0 Å². The van der Waals surface area contributed by atoms with E-state index < -0.39 is 0 Å². The zero-order valence-electron chi connectivity index (χ0n) is 14.6. The van der Waals surface area contributed by atoms with Gasteiger partial charge in [-0.25, -0.2) is 4.79 Å². The van der Waals surface area contributed by atoms with Crippen LogP contribution in [-0.4, -0.2) is 32.5 Å². The summed E-state index contributed by atoms with van der Waals surface area (Å²) in [5.41, 5.74) is 2.19. The van der Waals surface area contributed by atoms with Crippen molar-refractivity contribution in [2.24, 2.45) is 0 Å². The van der Waals surface area contributed by atoms with E-state index in [4.69, 9.17) is 0 Å². The number of para-hydroxylation sites is 2. The lowest BCUT2D eigenvalue weighted by atomic mass is 10.2. The lowest BCUT2D eigenvalue weighted by molar-refractivity contribution is -0.132. The van der Waals surface area contributed by atoms with Crippen molar-refractivity contribution >= 4 is 32.9 Å². The van der Waals surface area contributed by atoms with E-state index in [1.165, 1.54) is 0 Å². The number of amides is 1. The van der Waals surface area contributed by atoms with Crippen molar-refractivity contribution in [3.05, 3.63) is 63.5 Å². The van der Waals surface area contributed by atoms with E-state index in [0.29, 0.717) is 0 Å². The SMILES string of the molecule is C[C@@H]1CCCN1C(=O)Cn1c(=O)n(-c2ccc(Br)cc2)c2ccccc21. The molecule has 1 amide bonds. The van der Waals surface area contributed by atoms with Gasteiger partial charge in [-0.05, 0) is 56.2 Å². The quantitative estimate of drug-likeness (QED) is 0.658. The highest BCUT2D eigenvalue weighted by Crippen LogP contribution is 2.21. The molecular formula is C20H20BrN3O2. The van der Waals surface area contributed by atoms with Crippen molar-refractivity contribution < 1.29 is 4.79 Å². The molecule has 1 saturated heterocycles. The molecule has 5 nitrogen and oxygen atoms in total. The second-order valence-corrected chi connectivity index (χ2v) is 7.66. The average Bonchev–Trinajstić information content (AvgIpc) is 3.18. The second-order valence-electron chi connectivity index (χ2n) is 6.75. The zero-order valence-corrected chi connectivity index (χ0v) is 16.1. The Balaban J connectivity index is 1.80. The van der Waals surface area contributed by atoms with Crippen molar-refractivity contribution in [2.45, 2.75) is 32.4 Å². The lowest BCUT2D eigenvalue weighted by Crippen LogP contribution is -2.38. The Labute approximate surface area is 160 Å². The van der Waals surface area contributed by atoms with Crippen LogP contribution in [0.1, 0.15) is 19.8 Å². The number of benzene rings is 2. The van der Waals surface area contributed by atoms with Gasteiger partial charge in [0.05, 0.1) is 16.7 Å². The first-order valence-corrected chi connectivity index (χ1v) is 9.61. The molecule has 0 N–H and O–H groups in total. The number of imidazole rings is 1. The molecule has 0 saturated carbocycles. The van der Waals surface area contributed by atoms with Crippen molar-refractivity contribution in [1.29, 1.82) is 0 Å². The predicted octanol–water partition coefficient (Wildman–Crippen LogP) is 3.57. The summed E-state index contributed by atoms with van der Waals surface area (Å²) in [6, 6.07) is 15.5. The minimum absolute atomic E-state index is 0.0100. The molecule has 3 aromatic rings. The van der Waals surface area contributed by atoms with E-state index in [-0.39, 0.29) is 24.2 Å². The third kappa shape index (κ3) is 2.88. The third-order valence-electron chi connectivity index (χ3n) is 5.09. The lowest BCUT2D eigenvalue weighted by Gasteiger charge is -2.21. The molecule has 134 valence electrons. The number of rotatable bonds is 3. The van der Waals surface area contributed by atoms with Crippen LogP contribution in [0.2, 0.25) is 0 Å². The number of carbonyl (C=O) groups is 1. The molecule has 0 radical (unpaired) electrons. The number of likely N-dealkylation sites (tertiary alicyclic amines) is 1. The highest BCUT2D eigenvalue weighted by molar-refractivity contribution is 9.10. The number of nitrogens with zero attached hydrogens (tertiary/aromatic N) is 3. The van der Waals surface area contributed by atoms with Gasteiger partial charge in [0.15, 0.2) is 0 Å². The van der Waals surface area contributed by atoms with Gasteiger partial charge < -0.3 is 4.90 Å². The zero-order chi connectivity index (χ0) is 18.3. The molecule has 1 fully saturated rings. The standard InChI is InChI=1S/C20H20BrN3O2/c1-14-5-4-12-22(14)19(25)13-23-17-6-2-3-7-18(17)24(20(23)26)16-10-8-15(21)9-11-16/h2-3,6-11,14H,4-5,12-13H2,1H3/t14-/m1/s1. The molecule has 1 atom stereocenters. The van der Waals surface area contributed by atoms with E-state index in [1.807, 2.05) is 53.4 Å². The van der Waals surface area contributed by atoms with Crippen molar-refractivity contribution in [1.82, 2.24) is 14.0 Å². The topological polar surface area (TPSA) is 47.2 Å². The van der Waals surface area contributed by atoms with Gasteiger partial charge >= 0.3 is 5.69 Å². The minimum atomic E-state index is -0.186. The predicted molar refractivity (Wildman–Crippen MR) is 106 cm³/mol. The van der Waals surface area contributed by atoms with E-state index in [9.17, 15) is 9.59 Å². The first-order chi connectivity index (χ1) is 12.6. The van der Waals surface area contributed by atoms with E-state index in [1.54, 1.807) is 9.13 Å². The van der Waals surface area contributed by atoms with Crippen LogP contribution in [0, 0.1) is 0 Å². The van der Waals surface area contributed by atoms with E-state index >= 15 is 0 Å². The first kappa shape index (κ1) is 17.1. The molecule has 0 unspecified atom stereocenters. The number of carbonyl (C=O) groups excluding carboxylic acids is 1. The number of fused-ring (bicyclic) bond motifs is 1. The average molecular weight is 414 g/mol. The van der Waals surface area contributed by atoms with Crippen LogP contribution in [0.25, 0.3) is 16.7 Å². The smallest absolute Gasteiger partial charge is 0.334 e. The van der Waals surface area contributed by atoms with Crippen LogP contribution >= 0.6 is 15.9 Å². The Hall–Kier alpha value is -2.34. The summed E-state index contributed by atoms with van der Waals surface area (Å²) < 4.78 is 4.21. The molecule has 2 aromatic carbocycles. The molecule has 0 spiro atoms. The van der Waals surface area contributed by atoms with Crippen molar-refractivity contribution in [3.8, 4) is 5.69 Å². The van der Waals surface area contributed by atoms with Crippen molar-refractivity contribution in [2.75, 3.05) is 6.54 Å². The minimum Gasteiger partial charge on any atom is -0.338 e. The van der Waals surface area contributed by atoms with Crippen LogP contribution in [0.3, 0.4) is 0 Å². The largest absolute Gasteiger partial charge is 0.338 e. The monoisotopic (exact) mass is 413 g/mol. The Morgan fingerprint density at radius 3 is 2.46 bits per heavy atom. The van der Waals surface area contributed by atoms with Gasteiger partial charge in [0.2, 0.25) is 5.91 Å². The Morgan fingerprint density at radius 1 is 1.12 bits per heavy atom. The van der Waals surface area contributed by atoms with Crippen LogP contribution in [0.5, 0.6) is 0 Å². The van der Waals surface area contributed by atoms with E-state index in [2.05, 4.69) is 22.9 Å². The highest BCUT2D eigenvalue weighted by Gasteiger charge is 2.26. The molecular weight excluding hydrogens is 394 g/mol. The fraction of sp³-hybridized carbons (Fsp3) is 0.300. The normalized spacial score (nSPS) is 17.2. The maximum Gasteiger partial charge on any atom is 0.334 e. The summed E-state index contributed by atoms with van der Waals surface area (Å²) in [6.45, 7) is 2.92. The molecule has 2 heterocycles. The van der Waals surface area contributed by atoms with Gasteiger partial charge in [-0.3, -0.25) is 13.9 Å².